The van der Waals surface area contributed by atoms with E-state index in [4.69, 9.17) is 4.74 Å². The third kappa shape index (κ3) is 6.04. The van der Waals surface area contributed by atoms with Gasteiger partial charge in [-0.1, -0.05) is 39.5 Å². The second-order valence-corrected chi connectivity index (χ2v) is 6.04. The van der Waals surface area contributed by atoms with Gasteiger partial charge in [0.25, 0.3) is 0 Å². The second kappa shape index (κ2) is 9.11. The highest BCUT2D eigenvalue weighted by Crippen LogP contribution is 2.17. The van der Waals surface area contributed by atoms with Crippen molar-refractivity contribution in [3.8, 4) is 0 Å². The van der Waals surface area contributed by atoms with E-state index in [1.54, 1.807) is 6.07 Å². The first-order chi connectivity index (χ1) is 9.54. The van der Waals surface area contributed by atoms with E-state index >= 15 is 0 Å². The number of benzene rings is 1. The summed E-state index contributed by atoms with van der Waals surface area (Å²) in [7, 11) is 0. The van der Waals surface area contributed by atoms with Gasteiger partial charge in [0.05, 0.1) is 16.6 Å². The van der Waals surface area contributed by atoms with Crippen LogP contribution in [0.2, 0.25) is 0 Å². The molecule has 20 heavy (non-hydrogen) atoms. The Hall–Kier alpha value is -0.900. The SMILES string of the molecule is CCCCCC[C@@H](C)COC(=O)c1ccc(Br)c(F)c1. The molecular weight excluding hydrogens is 323 g/mol. The summed E-state index contributed by atoms with van der Waals surface area (Å²) in [5.41, 5.74) is 0.254. The maximum absolute atomic E-state index is 13.3. The minimum Gasteiger partial charge on any atom is -0.462 e. The van der Waals surface area contributed by atoms with Gasteiger partial charge >= 0.3 is 5.97 Å². The number of carbonyl (C=O) groups excluding carboxylic acids is 1. The molecular formula is C16H22BrFO2. The molecule has 4 heteroatoms. The van der Waals surface area contributed by atoms with Crippen molar-refractivity contribution >= 4 is 21.9 Å². The minimum absolute atomic E-state index is 0.254. The summed E-state index contributed by atoms with van der Waals surface area (Å²) in [5, 5.41) is 0. The molecule has 0 spiro atoms. The van der Waals surface area contributed by atoms with Crippen molar-refractivity contribution in [2.45, 2.75) is 46.0 Å². The van der Waals surface area contributed by atoms with Crippen LogP contribution in [0.25, 0.3) is 0 Å². The molecule has 0 heterocycles. The monoisotopic (exact) mass is 344 g/mol. The molecule has 112 valence electrons. The Kier molecular flexibility index (Phi) is 7.82. The number of hydrogen-bond acceptors (Lipinski definition) is 2. The Labute approximate surface area is 128 Å². The zero-order valence-electron chi connectivity index (χ0n) is 12.1. The highest BCUT2D eigenvalue weighted by Gasteiger charge is 2.12. The molecule has 0 amide bonds. The normalized spacial score (nSPS) is 12.2. The van der Waals surface area contributed by atoms with Gasteiger partial charge in [0.2, 0.25) is 0 Å². The number of carbonyl (C=O) groups is 1. The van der Waals surface area contributed by atoms with Crippen molar-refractivity contribution in [1.82, 2.24) is 0 Å². The third-order valence-electron chi connectivity index (χ3n) is 3.20. The Morgan fingerprint density at radius 2 is 2.10 bits per heavy atom. The van der Waals surface area contributed by atoms with Crippen LogP contribution in [-0.4, -0.2) is 12.6 Å². The number of esters is 1. The van der Waals surface area contributed by atoms with E-state index in [0.29, 0.717) is 17.0 Å². The second-order valence-electron chi connectivity index (χ2n) is 5.18. The quantitative estimate of drug-likeness (QED) is 0.469. The number of unbranched alkanes of at least 4 members (excludes halogenated alkanes) is 3. The number of halogens is 2. The fourth-order valence-corrected chi connectivity index (χ4v) is 2.17. The van der Waals surface area contributed by atoms with Crippen LogP contribution in [0.1, 0.15) is 56.3 Å². The molecule has 1 aromatic rings. The molecule has 0 aliphatic carbocycles. The minimum atomic E-state index is -0.461. The molecule has 0 bridgehead atoms. The standard InChI is InChI=1S/C16H22BrFO2/c1-3-4-5-6-7-12(2)11-20-16(19)13-8-9-14(17)15(18)10-13/h8-10,12H,3-7,11H2,1-2H3/t12-/m1/s1. The van der Waals surface area contributed by atoms with Gasteiger partial charge in [-0.05, 0) is 46.5 Å². The highest BCUT2D eigenvalue weighted by molar-refractivity contribution is 9.10. The van der Waals surface area contributed by atoms with Gasteiger partial charge in [-0.2, -0.15) is 0 Å². The van der Waals surface area contributed by atoms with Crippen LogP contribution in [0, 0.1) is 11.7 Å². The fraction of sp³-hybridized carbons (Fsp3) is 0.562. The predicted molar refractivity (Wildman–Crippen MR) is 82.3 cm³/mol. The molecule has 0 aromatic heterocycles. The van der Waals surface area contributed by atoms with E-state index in [1.807, 2.05) is 0 Å². The van der Waals surface area contributed by atoms with Crippen molar-refractivity contribution in [1.29, 1.82) is 0 Å². The Bertz CT molecular complexity index is 434. The molecule has 0 N–H and O–H groups in total. The number of ether oxygens (including phenoxy) is 1. The molecule has 0 radical (unpaired) electrons. The van der Waals surface area contributed by atoms with E-state index in [9.17, 15) is 9.18 Å². The van der Waals surface area contributed by atoms with Gasteiger partial charge in [-0.25, -0.2) is 9.18 Å². The maximum Gasteiger partial charge on any atom is 0.338 e. The molecule has 1 aromatic carbocycles. The summed E-state index contributed by atoms with van der Waals surface area (Å²) in [6.45, 7) is 4.65. The molecule has 0 saturated carbocycles. The molecule has 0 aliphatic rings. The lowest BCUT2D eigenvalue weighted by Crippen LogP contribution is -2.12. The van der Waals surface area contributed by atoms with E-state index in [1.165, 1.54) is 37.8 Å². The summed E-state index contributed by atoms with van der Waals surface area (Å²) < 4.78 is 18.9. The molecule has 0 aliphatic heterocycles. The van der Waals surface area contributed by atoms with Crippen molar-refractivity contribution in [3.05, 3.63) is 34.1 Å². The summed E-state index contributed by atoms with van der Waals surface area (Å²) in [6.07, 6.45) is 5.93. The van der Waals surface area contributed by atoms with E-state index in [2.05, 4.69) is 29.8 Å². The van der Waals surface area contributed by atoms with Gasteiger partial charge in [0, 0.05) is 0 Å². The van der Waals surface area contributed by atoms with Gasteiger partial charge < -0.3 is 4.74 Å². The highest BCUT2D eigenvalue weighted by atomic mass is 79.9. The zero-order chi connectivity index (χ0) is 15.0. The van der Waals surface area contributed by atoms with Crippen LogP contribution in [0.5, 0.6) is 0 Å². The molecule has 0 unspecified atom stereocenters. The van der Waals surface area contributed by atoms with Crippen LogP contribution >= 0.6 is 15.9 Å². The third-order valence-corrected chi connectivity index (χ3v) is 3.85. The van der Waals surface area contributed by atoms with Crippen LogP contribution in [-0.2, 0) is 4.74 Å². The molecule has 1 atom stereocenters. The molecule has 0 fully saturated rings. The Balaban J connectivity index is 2.33. The predicted octanol–water partition coefficient (Wildman–Crippen LogP) is 5.35. The van der Waals surface area contributed by atoms with Crippen LogP contribution in [0.4, 0.5) is 4.39 Å². The van der Waals surface area contributed by atoms with Crippen LogP contribution in [0.3, 0.4) is 0 Å². The van der Waals surface area contributed by atoms with Crippen molar-refractivity contribution in [2.24, 2.45) is 5.92 Å². The lowest BCUT2D eigenvalue weighted by Gasteiger charge is -2.12. The first-order valence-electron chi connectivity index (χ1n) is 7.16. The van der Waals surface area contributed by atoms with E-state index in [-0.39, 0.29) is 5.56 Å². The van der Waals surface area contributed by atoms with Gasteiger partial charge in [0.15, 0.2) is 0 Å². The van der Waals surface area contributed by atoms with Crippen molar-refractivity contribution in [2.75, 3.05) is 6.61 Å². The van der Waals surface area contributed by atoms with Crippen molar-refractivity contribution < 1.29 is 13.9 Å². The first-order valence-corrected chi connectivity index (χ1v) is 7.96. The van der Waals surface area contributed by atoms with Crippen LogP contribution in [0.15, 0.2) is 22.7 Å². The number of hydrogen-bond donors (Lipinski definition) is 0. The largest absolute Gasteiger partial charge is 0.462 e. The summed E-state index contributed by atoms with van der Waals surface area (Å²) >= 11 is 3.05. The van der Waals surface area contributed by atoms with Gasteiger partial charge in [0.1, 0.15) is 5.82 Å². The Morgan fingerprint density at radius 1 is 1.35 bits per heavy atom. The lowest BCUT2D eigenvalue weighted by atomic mass is 10.0. The summed E-state index contributed by atoms with van der Waals surface area (Å²) in [5.74, 6) is -0.569. The first kappa shape index (κ1) is 17.2. The molecule has 2 nitrogen and oxygen atoms in total. The van der Waals surface area contributed by atoms with Gasteiger partial charge in [-0.3, -0.25) is 0 Å². The smallest absolute Gasteiger partial charge is 0.338 e. The fourth-order valence-electron chi connectivity index (χ4n) is 1.93. The topological polar surface area (TPSA) is 26.3 Å². The average Bonchev–Trinajstić information content (AvgIpc) is 2.44. The van der Waals surface area contributed by atoms with Crippen molar-refractivity contribution in [3.63, 3.8) is 0 Å². The molecule has 0 saturated heterocycles. The van der Waals surface area contributed by atoms with Gasteiger partial charge in [-0.15, -0.1) is 0 Å². The lowest BCUT2D eigenvalue weighted by molar-refractivity contribution is 0.0442. The van der Waals surface area contributed by atoms with E-state index in [0.717, 1.165) is 6.42 Å². The summed E-state index contributed by atoms with van der Waals surface area (Å²) in [6, 6.07) is 4.26. The number of rotatable bonds is 8. The zero-order valence-corrected chi connectivity index (χ0v) is 13.7. The molecule has 1 rings (SSSR count). The Morgan fingerprint density at radius 3 is 2.75 bits per heavy atom. The summed E-state index contributed by atoms with van der Waals surface area (Å²) in [4.78, 5) is 11.8. The van der Waals surface area contributed by atoms with Crippen LogP contribution < -0.4 is 0 Å². The average molecular weight is 345 g/mol. The van der Waals surface area contributed by atoms with E-state index < -0.39 is 11.8 Å². The maximum atomic E-state index is 13.3.